The highest BCUT2D eigenvalue weighted by atomic mass is 15.0. The zero-order valence-electron chi connectivity index (χ0n) is 11.1. The first-order valence-corrected chi connectivity index (χ1v) is 7.48. The van der Waals surface area contributed by atoms with Crippen LogP contribution in [0.25, 0.3) is 0 Å². The summed E-state index contributed by atoms with van der Waals surface area (Å²) in [6.07, 6.45) is 7.82. The van der Waals surface area contributed by atoms with Gasteiger partial charge in [0.1, 0.15) is 0 Å². The van der Waals surface area contributed by atoms with Gasteiger partial charge < -0.3 is 10.6 Å². The van der Waals surface area contributed by atoms with Crippen molar-refractivity contribution in [1.29, 1.82) is 0 Å². The quantitative estimate of drug-likeness (QED) is 0.836. The average molecular weight is 244 g/mol. The van der Waals surface area contributed by atoms with E-state index < -0.39 is 0 Å². The van der Waals surface area contributed by atoms with E-state index >= 15 is 0 Å². The van der Waals surface area contributed by atoms with Gasteiger partial charge in [0, 0.05) is 12.1 Å². The van der Waals surface area contributed by atoms with Crippen molar-refractivity contribution in [2.24, 2.45) is 0 Å². The molecule has 1 aliphatic heterocycles. The Morgan fingerprint density at radius 2 is 1.94 bits per heavy atom. The van der Waals surface area contributed by atoms with Crippen LogP contribution in [0.4, 0.5) is 0 Å². The minimum absolute atomic E-state index is 0.595. The lowest BCUT2D eigenvalue weighted by Gasteiger charge is -2.30. The van der Waals surface area contributed by atoms with E-state index in [0.29, 0.717) is 12.1 Å². The number of fused-ring (bicyclic) bond motifs is 1. The van der Waals surface area contributed by atoms with E-state index in [2.05, 4.69) is 34.9 Å². The predicted molar refractivity (Wildman–Crippen MR) is 75.8 cm³/mol. The Morgan fingerprint density at radius 3 is 2.94 bits per heavy atom. The summed E-state index contributed by atoms with van der Waals surface area (Å²) in [5, 5.41) is 7.41. The van der Waals surface area contributed by atoms with Crippen molar-refractivity contribution in [2.45, 2.75) is 50.6 Å². The lowest BCUT2D eigenvalue weighted by Crippen LogP contribution is -2.35. The molecule has 3 rings (SSSR count). The molecule has 0 spiro atoms. The zero-order chi connectivity index (χ0) is 12.2. The van der Waals surface area contributed by atoms with Gasteiger partial charge in [0.05, 0.1) is 0 Å². The van der Waals surface area contributed by atoms with Crippen LogP contribution in [-0.2, 0) is 6.42 Å². The molecule has 1 aromatic carbocycles. The van der Waals surface area contributed by atoms with Crippen molar-refractivity contribution in [1.82, 2.24) is 10.6 Å². The Hall–Kier alpha value is -0.860. The van der Waals surface area contributed by atoms with Crippen LogP contribution in [0.5, 0.6) is 0 Å². The highest BCUT2D eigenvalue weighted by molar-refractivity contribution is 5.32. The second kappa shape index (κ2) is 5.85. The molecule has 2 unspecified atom stereocenters. The minimum atomic E-state index is 0.595. The Bertz CT molecular complexity index is 380. The normalized spacial score (nSPS) is 28.4. The summed E-state index contributed by atoms with van der Waals surface area (Å²) in [6.45, 7) is 2.37. The smallest absolute Gasteiger partial charge is 0.0325 e. The third-order valence-electron chi connectivity index (χ3n) is 4.38. The summed E-state index contributed by atoms with van der Waals surface area (Å²) in [6, 6.07) is 10.3. The Labute approximate surface area is 110 Å². The van der Waals surface area contributed by atoms with E-state index in [9.17, 15) is 0 Å². The largest absolute Gasteiger partial charge is 0.317 e. The van der Waals surface area contributed by atoms with Gasteiger partial charge in [0.2, 0.25) is 0 Å². The van der Waals surface area contributed by atoms with Gasteiger partial charge in [0.15, 0.2) is 0 Å². The molecule has 1 heterocycles. The van der Waals surface area contributed by atoms with Gasteiger partial charge in [-0.25, -0.2) is 0 Å². The van der Waals surface area contributed by atoms with Crippen molar-refractivity contribution in [3.63, 3.8) is 0 Å². The number of hydrogen-bond donors (Lipinski definition) is 2. The molecule has 98 valence electrons. The second-order valence-electron chi connectivity index (χ2n) is 5.69. The molecular formula is C16H24N2. The Morgan fingerprint density at radius 1 is 1.00 bits per heavy atom. The molecule has 1 aliphatic carbocycles. The number of nitrogens with one attached hydrogen (secondary N) is 2. The van der Waals surface area contributed by atoms with Crippen LogP contribution in [0.1, 0.15) is 49.3 Å². The molecule has 0 aromatic heterocycles. The maximum absolute atomic E-state index is 3.91. The highest BCUT2D eigenvalue weighted by Crippen LogP contribution is 2.30. The molecule has 1 saturated heterocycles. The molecule has 2 atom stereocenters. The van der Waals surface area contributed by atoms with E-state index in [0.717, 1.165) is 0 Å². The van der Waals surface area contributed by atoms with Crippen molar-refractivity contribution in [2.75, 3.05) is 13.1 Å². The number of benzene rings is 1. The molecule has 2 heteroatoms. The highest BCUT2D eigenvalue weighted by Gasteiger charge is 2.22. The summed E-state index contributed by atoms with van der Waals surface area (Å²) in [5.74, 6) is 0. The fourth-order valence-electron chi connectivity index (χ4n) is 3.40. The van der Waals surface area contributed by atoms with Crippen LogP contribution in [-0.4, -0.2) is 19.1 Å². The van der Waals surface area contributed by atoms with Crippen molar-refractivity contribution >= 4 is 0 Å². The van der Waals surface area contributed by atoms with Crippen molar-refractivity contribution in [3.8, 4) is 0 Å². The molecule has 0 amide bonds. The van der Waals surface area contributed by atoms with Crippen LogP contribution in [0.15, 0.2) is 24.3 Å². The first kappa shape index (κ1) is 12.2. The molecular weight excluding hydrogens is 220 g/mol. The maximum Gasteiger partial charge on any atom is 0.0325 e. The molecule has 2 N–H and O–H groups in total. The average Bonchev–Trinajstić information content (AvgIpc) is 2.68. The van der Waals surface area contributed by atoms with Crippen molar-refractivity contribution < 1.29 is 0 Å². The number of hydrogen-bond acceptors (Lipinski definition) is 2. The molecule has 0 saturated carbocycles. The first-order chi connectivity index (χ1) is 8.93. The van der Waals surface area contributed by atoms with E-state index in [1.807, 2.05) is 0 Å². The van der Waals surface area contributed by atoms with Gasteiger partial charge in [-0.15, -0.1) is 0 Å². The topological polar surface area (TPSA) is 24.1 Å². The summed E-state index contributed by atoms with van der Waals surface area (Å²) in [7, 11) is 0. The zero-order valence-corrected chi connectivity index (χ0v) is 11.1. The van der Waals surface area contributed by atoms with E-state index in [4.69, 9.17) is 0 Å². The summed E-state index contributed by atoms with van der Waals surface area (Å²) < 4.78 is 0. The van der Waals surface area contributed by atoms with Crippen LogP contribution >= 0.6 is 0 Å². The third-order valence-corrected chi connectivity index (χ3v) is 4.38. The van der Waals surface area contributed by atoms with Crippen LogP contribution in [0.2, 0.25) is 0 Å². The molecule has 18 heavy (non-hydrogen) atoms. The molecule has 1 aromatic rings. The molecule has 2 nitrogen and oxygen atoms in total. The maximum atomic E-state index is 3.91. The van der Waals surface area contributed by atoms with Gasteiger partial charge in [-0.05, 0) is 62.7 Å². The SMILES string of the molecule is c1ccc2c(c1)CCCC2NC1CCCNCC1. The standard InChI is InChI=1S/C16H24N2/c1-2-8-15-13(5-1)6-3-9-16(15)18-14-7-4-11-17-12-10-14/h1-2,5,8,14,16-18H,3-4,6-7,9-12H2. The molecule has 2 aliphatic rings. The Balaban J connectivity index is 1.69. The van der Waals surface area contributed by atoms with E-state index in [1.54, 1.807) is 11.1 Å². The lowest BCUT2D eigenvalue weighted by molar-refractivity contribution is 0.372. The van der Waals surface area contributed by atoms with Crippen LogP contribution in [0.3, 0.4) is 0 Å². The first-order valence-electron chi connectivity index (χ1n) is 7.48. The van der Waals surface area contributed by atoms with E-state index in [1.165, 1.54) is 51.6 Å². The second-order valence-corrected chi connectivity index (χ2v) is 5.69. The number of rotatable bonds is 2. The predicted octanol–water partition coefficient (Wildman–Crippen LogP) is 2.80. The van der Waals surface area contributed by atoms with Crippen LogP contribution < -0.4 is 10.6 Å². The van der Waals surface area contributed by atoms with Gasteiger partial charge in [-0.3, -0.25) is 0 Å². The lowest BCUT2D eigenvalue weighted by atomic mass is 9.87. The number of aryl methyl sites for hydroxylation is 1. The Kier molecular flexibility index (Phi) is 3.96. The third kappa shape index (κ3) is 2.76. The van der Waals surface area contributed by atoms with E-state index in [-0.39, 0.29) is 0 Å². The van der Waals surface area contributed by atoms with Crippen molar-refractivity contribution in [3.05, 3.63) is 35.4 Å². The van der Waals surface area contributed by atoms with Gasteiger partial charge >= 0.3 is 0 Å². The molecule has 1 fully saturated rings. The van der Waals surface area contributed by atoms with Gasteiger partial charge in [-0.2, -0.15) is 0 Å². The monoisotopic (exact) mass is 244 g/mol. The van der Waals surface area contributed by atoms with Gasteiger partial charge in [0.25, 0.3) is 0 Å². The summed E-state index contributed by atoms with van der Waals surface area (Å²) >= 11 is 0. The molecule has 0 radical (unpaired) electrons. The minimum Gasteiger partial charge on any atom is -0.317 e. The van der Waals surface area contributed by atoms with Gasteiger partial charge in [-0.1, -0.05) is 24.3 Å². The fraction of sp³-hybridized carbons (Fsp3) is 0.625. The fourth-order valence-corrected chi connectivity index (χ4v) is 3.40. The summed E-state index contributed by atoms with van der Waals surface area (Å²) in [5.41, 5.74) is 3.12. The summed E-state index contributed by atoms with van der Waals surface area (Å²) in [4.78, 5) is 0. The molecule has 0 bridgehead atoms. The van der Waals surface area contributed by atoms with Crippen LogP contribution in [0, 0.1) is 0 Å².